The van der Waals surface area contributed by atoms with Crippen LogP contribution >= 0.6 is 0 Å². The second-order valence-electron chi connectivity index (χ2n) is 6.83. The second-order valence-corrected chi connectivity index (χ2v) is 6.83. The lowest BCUT2D eigenvalue weighted by molar-refractivity contribution is -0.132. The molecule has 0 bridgehead atoms. The Morgan fingerprint density at radius 3 is 2.36 bits per heavy atom. The molecular weight excluding hydrogens is 278 g/mol. The van der Waals surface area contributed by atoms with E-state index >= 15 is 0 Å². The predicted octanol–water partition coefficient (Wildman–Crippen LogP) is 1.80. The highest BCUT2D eigenvalue weighted by Crippen LogP contribution is 2.26. The standard InChI is InChI=1S/C17H31N3O2/c18-15(13-14-7-3-1-4-8-14)17(22)19-10-9-16(21)20-11-5-2-6-12-20/h14-15H,1-13,18H2,(H,19,22). The number of likely N-dealkylation sites (tertiary alicyclic amines) is 1. The zero-order chi connectivity index (χ0) is 15.8. The summed E-state index contributed by atoms with van der Waals surface area (Å²) in [4.78, 5) is 25.9. The molecule has 5 heteroatoms. The number of hydrogen-bond acceptors (Lipinski definition) is 3. The molecule has 0 aromatic carbocycles. The minimum Gasteiger partial charge on any atom is -0.354 e. The van der Waals surface area contributed by atoms with E-state index in [1.54, 1.807) is 0 Å². The van der Waals surface area contributed by atoms with E-state index in [0.29, 0.717) is 18.9 Å². The molecule has 0 spiro atoms. The minimum atomic E-state index is -0.423. The van der Waals surface area contributed by atoms with Crippen molar-refractivity contribution in [2.45, 2.75) is 70.3 Å². The van der Waals surface area contributed by atoms with Crippen LogP contribution in [0.2, 0.25) is 0 Å². The summed E-state index contributed by atoms with van der Waals surface area (Å²) in [6.07, 6.45) is 10.9. The normalized spacial score (nSPS) is 21.4. The second kappa shape index (κ2) is 9.13. The Bertz CT molecular complexity index is 361. The third-order valence-electron chi connectivity index (χ3n) is 5.00. The molecule has 2 amide bonds. The molecule has 5 nitrogen and oxygen atoms in total. The first-order valence-electron chi connectivity index (χ1n) is 8.98. The van der Waals surface area contributed by atoms with Gasteiger partial charge in [0.25, 0.3) is 0 Å². The highest BCUT2D eigenvalue weighted by atomic mass is 16.2. The van der Waals surface area contributed by atoms with Gasteiger partial charge in [0.2, 0.25) is 11.8 Å². The van der Waals surface area contributed by atoms with Gasteiger partial charge >= 0.3 is 0 Å². The van der Waals surface area contributed by atoms with Crippen molar-refractivity contribution >= 4 is 11.8 Å². The SMILES string of the molecule is NC(CC1CCCCC1)C(=O)NCCC(=O)N1CCCCC1. The summed E-state index contributed by atoms with van der Waals surface area (Å²) in [5.41, 5.74) is 6.00. The van der Waals surface area contributed by atoms with E-state index in [4.69, 9.17) is 5.73 Å². The molecule has 1 unspecified atom stereocenters. The zero-order valence-electron chi connectivity index (χ0n) is 13.7. The predicted molar refractivity (Wildman–Crippen MR) is 87.2 cm³/mol. The summed E-state index contributed by atoms with van der Waals surface area (Å²) in [5, 5.41) is 2.83. The van der Waals surface area contributed by atoms with Gasteiger partial charge in [0.15, 0.2) is 0 Å². The molecule has 1 aliphatic heterocycles. The minimum absolute atomic E-state index is 0.1000. The fourth-order valence-corrected chi connectivity index (χ4v) is 3.61. The molecule has 1 saturated heterocycles. The average Bonchev–Trinajstić information content (AvgIpc) is 2.56. The van der Waals surface area contributed by atoms with Gasteiger partial charge in [-0.25, -0.2) is 0 Å². The summed E-state index contributed by atoms with van der Waals surface area (Å²) < 4.78 is 0. The van der Waals surface area contributed by atoms with E-state index in [2.05, 4.69) is 5.32 Å². The van der Waals surface area contributed by atoms with Crippen molar-refractivity contribution in [2.24, 2.45) is 11.7 Å². The van der Waals surface area contributed by atoms with Gasteiger partial charge in [0.1, 0.15) is 0 Å². The maximum Gasteiger partial charge on any atom is 0.236 e. The van der Waals surface area contributed by atoms with Gasteiger partial charge in [0.05, 0.1) is 6.04 Å². The summed E-state index contributed by atoms with van der Waals surface area (Å²) >= 11 is 0. The van der Waals surface area contributed by atoms with Crippen LogP contribution in [-0.4, -0.2) is 42.4 Å². The molecular formula is C17H31N3O2. The van der Waals surface area contributed by atoms with Gasteiger partial charge in [-0.1, -0.05) is 32.1 Å². The van der Waals surface area contributed by atoms with Gasteiger partial charge in [-0.3, -0.25) is 9.59 Å². The van der Waals surface area contributed by atoms with Gasteiger partial charge in [-0.05, 0) is 31.6 Å². The first kappa shape index (κ1) is 17.3. The number of nitrogens with one attached hydrogen (secondary N) is 1. The molecule has 0 aromatic rings. The van der Waals surface area contributed by atoms with E-state index in [-0.39, 0.29) is 11.8 Å². The summed E-state index contributed by atoms with van der Waals surface area (Å²) in [6, 6.07) is -0.423. The third kappa shape index (κ3) is 5.59. The van der Waals surface area contributed by atoms with Crippen LogP contribution in [0.15, 0.2) is 0 Å². The monoisotopic (exact) mass is 309 g/mol. The molecule has 22 heavy (non-hydrogen) atoms. The molecule has 1 heterocycles. The number of carbonyl (C=O) groups excluding carboxylic acids is 2. The van der Waals surface area contributed by atoms with E-state index < -0.39 is 6.04 Å². The maximum absolute atomic E-state index is 12.0. The lowest BCUT2D eigenvalue weighted by atomic mass is 9.85. The fraction of sp³-hybridized carbons (Fsp3) is 0.882. The van der Waals surface area contributed by atoms with Crippen LogP contribution in [0.1, 0.15) is 64.2 Å². The lowest BCUT2D eigenvalue weighted by Gasteiger charge is -2.27. The zero-order valence-corrected chi connectivity index (χ0v) is 13.7. The molecule has 2 rings (SSSR count). The van der Waals surface area contributed by atoms with Crippen LogP contribution in [-0.2, 0) is 9.59 Å². The van der Waals surface area contributed by atoms with E-state index in [0.717, 1.165) is 32.4 Å². The van der Waals surface area contributed by atoms with E-state index in [9.17, 15) is 9.59 Å². The smallest absolute Gasteiger partial charge is 0.236 e. The number of carbonyl (C=O) groups is 2. The van der Waals surface area contributed by atoms with Crippen LogP contribution in [0, 0.1) is 5.92 Å². The fourth-order valence-electron chi connectivity index (χ4n) is 3.61. The van der Waals surface area contributed by atoms with Crippen LogP contribution in [0.25, 0.3) is 0 Å². The van der Waals surface area contributed by atoms with Gasteiger partial charge in [-0.2, -0.15) is 0 Å². The Labute approximate surface area is 134 Å². The highest BCUT2D eigenvalue weighted by molar-refractivity contribution is 5.82. The van der Waals surface area contributed by atoms with Crippen molar-refractivity contribution in [2.75, 3.05) is 19.6 Å². The van der Waals surface area contributed by atoms with Crippen molar-refractivity contribution in [3.63, 3.8) is 0 Å². The first-order chi connectivity index (χ1) is 10.7. The molecule has 0 radical (unpaired) electrons. The first-order valence-corrected chi connectivity index (χ1v) is 8.98. The summed E-state index contributed by atoms with van der Waals surface area (Å²) in [7, 11) is 0. The topological polar surface area (TPSA) is 75.4 Å². The van der Waals surface area contributed by atoms with Crippen LogP contribution in [0.3, 0.4) is 0 Å². The van der Waals surface area contributed by atoms with Crippen molar-refractivity contribution in [1.82, 2.24) is 10.2 Å². The molecule has 2 fully saturated rings. The number of nitrogens with two attached hydrogens (primary N) is 1. The van der Waals surface area contributed by atoms with Crippen LogP contribution in [0.5, 0.6) is 0 Å². The number of hydrogen-bond donors (Lipinski definition) is 2. The Balaban J connectivity index is 1.60. The third-order valence-corrected chi connectivity index (χ3v) is 5.00. The lowest BCUT2D eigenvalue weighted by Crippen LogP contribution is -2.43. The quantitative estimate of drug-likeness (QED) is 0.785. The number of nitrogens with zero attached hydrogens (tertiary/aromatic N) is 1. The average molecular weight is 309 g/mol. The van der Waals surface area contributed by atoms with Crippen LogP contribution in [0.4, 0.5) is 0 Å². The van der Waals surface area contributed by atoms with Crippen LogP contribution < -0.4 is 11.1 Å². The largest absolute Gasteiger partial charge is 0.354 e. The Hall–Kier alpha value is -1.10. The Morgan fingerprint density at radius 1 is 1.05 bits per heavy atom. The van der Waals surface area contributed by atoms with Crippen molar-refractivity contribution in [1.29, 1.82) is 0 Å². The number of piperidine rings is 1. The molecule has 1 saturated carbocycles. The molecule has 1 aliphatic carbocycles. The van der Waals surface area contributed by atoms with E-state index in [1.807, 2.05) is 4.90 Å². The van der Waals surface area contributed by atoms with Crippen molar-refractivity contribution in [3.8, 4) is 0 Å². The Kier molecular flexibility index (Phi) is 7.16. The van der Waals surface area contributed by atoms with Crippen molar-refractivity contribution in [3.05, 3.63) is 0 Å². The molecule has 2 aliphatic rings. The van der Waals surface area contributed by atoms with Gasteiger partial charge < -0.3 is 16.0 Å². The van der Waals surface area contributed by atoms with Gasteiger partial charge in [-0.15, -0.1) is 0 Å². The number of rotatable bonds is 6. The maximum atomic E-state index is 12.0. The summed E-state index contributed by atoms with van der Waals surface area (Å²) in [5.74, 6) is 0.655. The highest BCUT2D eigenvalue weighted by Gasteiger charge is 2.21. The van der Waals surface area contributed by atoms with Gasteiger partial charge in [0, 0.05) is 26.1 Å². The molecule has 1 atom stereocenters. The Morgan fingerprint density at radius 2 is 1.68 bits per heavy atom. The number of amides is 2. The van der Waals surface area contributed by atoms with E-state index in [1.165, 1.54) is 38.5 Å². The molecule has 126 valence electrons. The molecule has 0 aromatic heterocycles. The molecule has 3 N–H and O–H groups in total. The van der Waals surface area contributed by atoms with Crippen molar-refractivity contribution < 1.29 is 9.59 Å². The summed E-state index contributed by atoms with van der Waals surface area (Å²) in [6.45, 7) is 2.15.